The average molecular weight is 493 g/mol. The van der Waals surface area contributed by atoms with Crippen LogP contribution < -0.4 is 27.0 Å². The average Bonchev–Trinajstić information content (AvgIpc) is 3.29. The summed E-state index contributed by atoms with van der Waals surface area (Å²) >= 11 is 0. The first-order valence-electron chi connectivity index (χ1n) is 12.8. The summed E-state index contributed by atoms with van der Waals surface area (Å²) in [6.07, 6.45) is 7.22. The third-order valence-corrected chi connectivity index (χ3v) is 7.59. The number of carbonyl (C=O) groups is 3. The third-order valence-electron chi connectivity index (χ3n) is 7.59. The van der Waals surface area contributed by atoms with Gasteiger partial charge in [0.1, 0.15) is 5.82 Å². The Kier molecular flexibility index (Phi) is 7.76. The normalized spacial score (nSPS) is 21.2. The fourth-order valence-corrected chi connectivity index (χ4v) is 5.59. The Bertz CT molecular complexity index is 1110. The Morgan fingerprint density at radius 2 is 1.81 bits per heavy atom. The maximum atomic E-state index is 13.2. The number of nitrogens with zero attached hydrogens (tertiary/aromatic N) is 2. The van der Waals surface area contributed by atoms with Crippen LogP contribution >= 0.6 is 0 Å². The van der Waals surface area contributed by atoms with Gasteiger partial charge in [-0.15, -0.1) is 0 Å². The predicted octanol–water partition coefficient (Wildman–Crippen LogP) is 3.06. The topological polar surface area (TPSA) is 143 Å². The largest absolute Gasteiger partial charge is 0.382 e. The van der Waals surface area contributed by atoms with Crippen molar-refractivity contribution in [2.75, 3.05) is 16.8 Å². The van der Waals surface area contributed by atoms with E-state index in [9.17, 15) is 14.4 Å². The van der Waals surface area contributed by atoms with Gasteiger partial charge in [-0.2, -0.15) is 0 Å². The number of carbonyl (C=O) groups excluding carboxylic acids is 3. The lowest BCUT2D eigenvalue weighted by molar-refractivity contribution is 0.0934. The summed E-state index contributed by atoms with van der Waals surface area (Å²) in [7, 11) is 0. The molecule has 1 aliphatic heterocycles. The predicted molar refractivity (Wildman–Crippen MR) is 140 cm³/mol. The van der Waals surface area contributed by atoms with Crippen molar-refractivity contribution < 1.29 is 14.4 Å². The second-order valence-electron chi connectivity index (χ2n) is 9.86. The number of aromatic nitrogens is 1. The molecule has 1 aromatic heterocycles. The van der Waals surface area contributed by atoms with Crippen LogP contribution in [0.2, 0.25) is 0 Å². The highest BCUT2D eigenvalue weighted by Crippen LogP contribution is 2.39. The number of primary amides is 2. The van der Waals surface area contributed by atoms with E-state index in [1.165, 1.54) is 6.20 Å². The van der Waals surface area contributed by atoms with Crippen LogP contribution in [0.5, 0.6) is 0 Å². The number of rotatable bonds is 9. The molecule has 36 heavy (non-hydrogen) atoms. The van der Waals surface area contributed by atoms with Gasteiger partial charge in [0.2, 0.25) is 5.91 Å². The van der Waals surface area contributed by atoms with E-state index in [-0.39, 0.29) is 24.0 Å². The molecular formula is C27H36N6O3. The van der Waals surface area contributed by atoms with Gasteiger partial charge >= 0.3 is 0 Å². The van der Waals surface area contributed by atoms with Crippen molar-refractivity contribution in [1.82, 2.24) is 10.3 Å². The van der Waals surface area contributed by atoms with Crippen LogP contribution in [0, 0.1) is 5.92 Å². The molecular weight excluding hydrogens is 456 g/mol. The molecule has 1 saturated carbocycles. The van der Waals surface area contributed by atoms with Crippen LogP contribution in [0.1, 0.15) is 83.4 Å². The quantitative estimate of drug-likeness (QED) is 0.424. The van der Waals surface area contributed by atoms with Crippen LogP contribution in [0.4, 0.5) is 11.5 Å². The number of fused-ring (bicyclic) bond motifs is 1. The van der Waals surface area contributed by atoms with Crippen molar-refractivity contribution in [3.63, 3.8) is 0 Å². The number of nitrogens with two attached hydrogens (primary N) is 2. The van der Waals surface area contributed by atoms with E-state index < -0.39 is 11.8 Å². The van der Waals surface area contributed by atoms with Gasteiger partial charge in [-0.25, -0.2) is 4.98 Å². The molecule has 6 N–H and O–H groups in total. The van der Waals surface area contributed by atoms with Gasteiger partial charge in [0.25, 0.3) is 11.8 Å². The molecule has 0 spiro atoms. The molecule has 2 aliphatic rings. The Morgan fingerprint density at radius 1 is 1.06 bits per heavy atom. The maximum Gasteiger partial charge on any atom is 0.251 e. The van der Waals surface area contributed by atoms with E-state index in [1.54, 1.807) is 24.3 Å². The number of pyridine rings is 1. The summed E-state index contributed by atoms with van der Waals surface area (Å²) in [5.74, 6) is 0.133. The van der Waals surface area contributed by atoms with Gasteiger partial charge in [0.15, 0.2) is 0 Å². The molecule has 2 aromatic rings. The number of benzene rings is 1. The minimum Gasteiger partial charge on any atom is -0.382 e. The Morgan fingerprint density at radius 3 is 2.44 bits per heavy atom. The summed E-state index contributed by atoms with van der Waals surface area (Å²) in [6, 6.07) is 9.09. The first-order valence-corrected chi connectivity index (χ1v) is 12.8. The summed E-state index contributed by atoms with van der Waals surface area (Å²) in [6.45, 7) is 5.04. The maximum absolute atomic E-state index is 13.2. The van der Waals surface area contributed by atoms with E-state index in [0.29, 0.717) is 28.3 Å². The first-order chi connectivity index (χ1) is 17.3. The molecule has 2 fully saturated rings. The summed E-state index contributed by atoms with van der Waals surface area (Å²) in [5, 5.41) is 6.58. The van der Waals surface area contributed by atoms with Gasteiger partial charge in [-0.1, -0.05) is 13.8 Å². The Labute approximate surface area is 212 Å². The molecule has 1 aromatic carbocycles. The minimum atomic E-state index is -0.521. The monoisotopic (exact) mass is 492 g/mol. The molecule has 0 radical (unpaired) electrons. The van der Waals surface area contributed by atoms with Crippen molar-refractivity contribution in [3.8, 4) is 0 Å². The van der Waals surface area contributed by atoms with E-state index in [2.05, 4.69) is 34.4 Å². The zero-order valence-corrected chi connectivity index (χ0v) is 21.0. The number of nitrogens with one attached hydrogen (secondary N) is 2. The molecule has 192 valence electrons. The highest BCUT2D eigenvalue weighted by molar-refractivity contribution is 6.02. The van der Waals surface area contributed by atoms with Crippen LogP contribution in [0.3, 0.4) is 0 Å². The van der Waals surface area contributed by atoms with Crippen molar-refractivity contribution in [1.29, 1.82) is 0 Å². The zero-order chi connectivity index (χ0) is 25.8. The van der Waals surface area contributed by atoms with Gasteiger partial charge < -0.3 is 27.0 Å². The van der Waals surface area contributed by atoms with E-state index in [4.69, 9.17) is 11.5 Å². The SMILES string of the molecule is CCC(CC)Nc1cc(C(=O)NC2CC3CCCN(c4ccc(C(N)=O)cn4)C3C2)ccc1C(N)=O. The van der Waals surface area contributed by atoms with E-state index in [0.717, 1.165) is 50.9 Å². The first kappa shape index (κ1) is 25.5. The van der Waals surface area contributed by atoms with E-state index in [1.807, 2.05) is 6.07 Å². The summed E-state index contributed by atoms with van der Waals surface area (Å²) < 4.78 is 0. The van der Waals surface area contributed by atoms with Gasteiger partial charge in [0, 0.05) is 42.1 Å². The van der Waals surface area contributed by atoms with Crippen LogP contribution in [0.15, 0.2) is 36.5 Å². The lowest BCUT2D eigenvalue weighted by Gasteiger charge is -2.38. The number of anilines is 2. The summed E-state index contributed by atoms with van der Waals surface area (Å²) in [5.41, 5.74) is 12.8. The molecule has 1 saturated heterocycles. The number of amides is 3. The van der Waals surface area contributed by atoms with Gasteiger partial charge in [-0.3, -0.25) is 14.4 Å². The van der Waals surface area contributed by atoms with Crippen molar-refractivity contribution in [2.45, 2.75) is 70.5 Å². The van der Waals surface area contributed by atoms with Gasteiger partial charge in [-0.05, 0) is 74.8 Å². The van der Waals surface area contributed by atoms with Crippen molar-refractivity contribution in [3.05, 3.63) is 53.2 Å². The van der Waals surface area contributed by atoms with Crippen LogP contribution in [-0.2, 0) is 0 Å². The lowest BCUT2D eigenvalue weighted by Crippen LogP contribution is -2.43. The second-order valence-corrected chi connectivity index (χ2v) is 9.86. The van der Waals surface area contributed by atoms with E-state index >= 15 is 0 Å². The standard InChI is InChI=1S/C27H36N6O3/c1-3-19(4-2)31-22-13-17(7-9-21(22)26(29)35)27(36)32-20-12-16-6-5-11-33(23(16)14-20)24-10-8-18(15-30-24)25(28)34/h7-10,13,15-16,19-20,23,31H,3-6,11-12,14H2,1-2H3,(H2,28,34)(H2,29,35)(H,32,36). The van der Waals surface area contributed by atoms with Crippen LogP contribution in [0.25, 0.3) is 0 Å². The number of piperidine rings is 1. The molecule has 2 heterocycles. The van der Waals surface area contributed by atoms with Crippen LogP contribution in [-0.4, -0.2) is 47.4 Å². The number of hydrogen-bond donors (Lipinski definition) is 4. The summed E-state index contributed by atoms with van der Waals surface area (Å²) in [4.78, 5) is 43.3. The molecule has 3 unspecified atom stereocenters. The smallest absolute Gasteiger partial charge is 0.251 e. The molecule has 9 heteroatoms. The number of hydrogen-bond acceptors (Lipinski definition) is 6. The highest BCUT2D eigenvalue weighted by Gasteiger charge is 2.41. The molecule has 1 aliphatic carbocycles. The molecule has 3 atom stereocenters. The Balaban J connectivity index is 1.46. The molecule has 3 amide bonds. The fraction of sp³-hybridized carbons (Fsp3) is 0.481. The van der Waals surface area contributed by atoms with Gasteiger partial charge in [0.05, 0.1) is 11.1 Å². The molecule has 9 nitrogen and oxygen atoms in total. The van der Waals surface area contributed by atoms with Crippen molar-refractivity contribution >= 4 is 29.2 Å². The minimum absolute atomic E-state index is 0.0456. The molecule has 4 rings (SSSR count). The lowest BCUT2D eigenvalue weighted by atomic mass is 9.92. The second kappa shape index (κ2) is 11.0. The Hall–Kier alpha value is -3.62. The third kappa shape index (κ3) is 5.45. The zero-order valence-electron chi connectivity index (χ0n) is 21.0. The van der Waals surface area contributed by atoms with Crippen molar-refractivity contribution in [2.24, 2.45) is 17.4 Å². The fourth-order valence-electron chi connectivity index (χ4n) is 5.59. The molecule has 0 bridgehead atoms. The highest BCUT2D eigenvalue weighted by atomic mass is 16.2.